The highest BCUT2D eigenvalue weighted by Gasteiger charge is 2.41. The van der Waals surface area contributed by atoms with E-state index in [0.29, 0.717) is 25.1 Å². The molecule has 3 heterocycles. The van der Waals surface area contributed by atoms with Crippen molar-refractivity contribution in [3.05, 3.63) is 18.0 Å². The van der Waals surface area contributed by atoms with E-state index >= 15 is 0 Å². The lowest BCUT2D eigenvalue weighted by molar-refractivity contribution is -0.163. The number of hydrogen-bond acceptors (Lipinski definition) is 9. The molecule has 2 aromatic rings. The number of fused-ring (bicyclic) bond motifs is 1. The third-order valence-corrected chi connectivity index (χ3v) is 5.92. The first-order valence-corrected chi connectivity index (χ1v) is 11.0. The third kappa shape index (κ3) is 4.16. The van der Waals surface area contributed by atoms with Crippen LogP contribution in [0.4, 0.5) is 5.69 Å². The largest absolute Gasteiger partial charge is 0.460 e. The Morgan fingerprint density at radius 3 is 2.62 bits per heavy atom. The molecule has 1 aliphatic carbocycles. The normalized spacial score (nSPS) is 22.2. The van der Waals surface area contributed by atoms with E-state index in [2.05, 4.69) is 20.6 Å². The first kappa shape index (κ1) is 22.5. The van der Waals surface area contributed by atoms with Crippen LogP contribution in [0.1, 0.15) is 52.5 Å². The van der Waals surface area contributed by atoms with E-state index in [1.54, 1.807) is 12.4 Å². The number of pyridine rings is 1. The Morgan fingerprint density at radius 1 is 1.31 bits per heavy atom. The van der Waals surface area contributed by atoms with Gasteiger partial charge in [-0.2, -0.15) is 5.10 Å². The summed E-state index contributed by atoms with van der Waals surface area (Å²) in [5, 5.41) is 32.3. The molecule has 3 N–H and O–H groups in total. The van der Waals surface area contributed by atoms with Crippen molar-refractivity contribution in [3.8, 4) is 0 Å². The van der Waals surface area contributed by atoms with Crippen molar-refractivity contribution < 1.29 is 24.6 Å². The number of aryl methyl sites for hydroxylation is 1. The van der Waals surface area contributed by atoms with Crippen LogP contribution >= 0.6 is 0 Å². The van der Waals surface area contributed by atoms with Gasteiger partial charge in [0.1, 0.15) is 5.60 Å². The Morgan fingerprint density at radius 2 is 2.03 bits per heavy atom. The Labute approximate surface area is 186 Å². The Hall–Kier alpha value is -2.72. The molecule has 10 heteroatoms. The topological polar surface area (TPSA) is 131 Å². The number of aliphatic hydroxyl groups excluding tert-OH is 2. The fourth-order valence-electron chi connectivity index (χ4n) is 4.04. The van der Waals surface area contributed by atoms with Crippen LogP contribution in [0.5, 0.6) is 0 Å². The average Bonchev–Trinajstić information content (AvgIpc) is 3.33. The van der Waals surface area contributed by atoms with Gasteiger partial charge in [-0.25, -0.2) is 9.67 Å². The summed E-state index contributed by atoms with van der Waals surface area (Å²) in [4.78, 5) is 22.3. The number of esters is 1. The summed E-state index contributed by atoms with van der Waals surface area (Å²) >= 11 is 0. The number of nitrogens with zero attached hydrogens (tertiary/aromatic N) is 4. The van der Waals surface area contributed by atoms with Crippen molar-refractivity contribution in [3.63, 3.8) is 0 Å². The number of anilines is 1. The molecule has 1 fully saturated rings. The zero-order valence-electron chi connectivity index (χ0n) is 19.0. The minimum atomic E-state index is -1.13. The van der Waals surface area contributed by atoms with E-state index < -0.39 is 11.2 Å². The van der Waals surface area contributed by atoms with Crippen molar-refractivity contribution in [2.75, 3.05) is 18.5 Å². The molecular formula is C22H31N5O5. The minimum absolute atomic E-state index is 0.0882. The van der Waals surface area contributed by atoms with Crippen molar-refractivity contribution in [1.29, 1.82) is 0 Å². The van der Waals surface area contributed by atoms with Crippen LogP contribution in [-0.2, 0) is 20.9 Å². The molecule has 174 valence electrons. The number of oxime groups is 1. The second-order valence-electron chi connectivity index (χ2n) is 9.59. The minimum Gasteiger partial charge on any atom is -0.460 e. The number of carbonyl (C=O) groups is 1. The number of nitrogens with one attached hydrogen (secondary N) is 1. The molecule has 1 saturated carbocycles. The van der Waals surface area contributed by atoms with Gasteiger partial charge in [-0.3, -0.25) is 4.79 Å². The van der Waals surface area contributed by atoms with Crippen LogP contribution in [0.3, 0.4) is 0 Å². The lowest BCUT2D eigenvalue weighted by Crippen LogP contribution is -2.42. The molecule has 0 amide bonds. The quantitative estimate of drug-likeness (QED) is 0.550. The summed E-state index contributed by atoms with van der Waals surface area (Å²) in [5.74, 6) is -0.298. The summed E-state index contributed by atoms with van der Waals surface area (Å²) in [6.07, 6.45) is 5.08. The maximum absolute atomic E-state index is 12.4. The van der Waals surface area contributed by atoms with Crippen molar-refractivity contribution in [2.45, 2.75) is 70.7 Å². The smallest absolute Gasteiger partial charge is 0.309 e. The van der Waals surface area contributed by atoms with Gasteiger partial charge in [0.25, 0.3) is 0 Å². The van der Waals surface area contributed by atoms with Gasteiger partial charge in [0, 0.05) is 30.8 Å². The number of carbonyl (C=O) groups excluding carboxylic acids is 1. The summed E-state index contributed by atoms with van der Waals surface area (Å²) in [6, 6.07) is 0.0882. The van der Waals surface area contributed by atoms with E-state index in [1.807, 2.05) is 32.4 Å². The highest BCUT2D eigenvalue weighted by atomic mass is 16.7. The predicted octanol–water partition coefficient (Wildman–Crippen LogP) is 1.83. The zero-order valence-corrected chi connectivity index (χ0v) is 19.0. The van der Waals surface area contributed by atoms with Crippen LogP contribution in [0, 0.1) is 5.92 Å². The van der Waals surface area contributed by atoms with Gasteiger partial charge < -0.3 is 25.1 Å². The highest BCUT2D eigenvalue weighted by Crippen LogP contribution is 2.37. The van der Waals surface area contributed by atoms with E-state index in [9.17, 15) is 15.0 Å². The van der Waals surface area contributed by atoms with Crippen LogP contribution in [0.2, 0.25) is 0 Å². The van der Waals surface area contributed by atoms with Gasteiger partial charge in [-0.05, 0) is 40.5 Å². The molecule has 2 aliphatic rings. The fraction of sp³-hybridized carbons (Fsp3) is 0.636. The lowest BCUT2D eigenvalue weighted by Gasteiger charge is -2.36. The lowest BCUT2D eigenvalue weighted by atomic mass is 9.80. The molecule has 1 aliphatic heterocycles. The number of rotatable bonds is 7. The molecule has 0 spiro atoms. The molecule has 0 atom stereocenters. The van der Waals surface area contributed by atoms with Gasteiger partial charge in [0.15, 0.2) is 11.2 Å². The summed E-state index contributed by atoms with van der Waals surface area (Å²) < 4.78 is 7.32. The predicted molar refractivity (Wildman–Crippen MR) is 118 cm³/mol. The summed E-state index contributed by atoms with van der Waals surface area (Å²) in [6.45, 7) is 7.60. The maximum Gasteiger partial charge on any atom is 0.309 e. The van der Waals surface area contributed by atoms with Crippen molar-refractivity contribution in [2.24, 2.45) is 11.1 Å². The van der Waals surface area contributed by atoms with Crippen molar-refractivity contribution >= 4 is 28.4 Å². The molecular weight excluding hydrogens is 414 g/mol. The van der Waals surface area contributed by atoms with Gasteiger partial charge >= 0.3 is 5.97 Å². The summed E-state index contributed by atoms with van der Waals surface area (Å²) in [5.41, 5.74) is 1.26. The molecule has 0 aromatic carbocycles. The Bertz CT molecular complexity index is 1030. The van der Waals surface area contributed by atoms with Crippen LogP contribution in [0.25, 0.3) is 11.0 Å². The van der Waals surface area contributed by atoms with E-state index in [1.165, 1.54) is 0 Å². The first-order valence-electron chi connectivity index (χ1n) is 11.0. The average molecular weight is 446 g/mol. The van der Waals surface area contributed by atoms with Gasteiger partial charge in [-0.15, -0.1) is 0 Å². The molecule has 0 saturated heterocycles. The van der Waals surface area contributed by atoms with Gasteiger partial charge in [0.2, 0.25) is 0 Å². The van der Waals surface area contributed by atoms with Crippen molar-refractivity contribution in [1.82, 2.24) is 14.8 Å². The van der Waals surface area contributed by atoms with Crippen LogP contribution in [-0.4, -0.2) is 67.1 Å². The van der Waals surface area contributed by atoms with Crippen LogP contribution < -0.4 is 5.32 Å². The molecule has 0 unspecified atom stereocenters. The molecule has 2 aromatic heterocycles. The number of ether oxygens (including phenoxy) is 1. The Kier molecular flexibility index (Phi) is 5.85. The monoisotopic (exact) mass is 445 g/mol. The second kappa shape index (κ2) is 8.32. The number of aromatic nitrogens is 3. The van der Waals surface area contributed by atoms with Gasteiger partial charge in [-0.1, -0.05) is 5.16 Å². The molecule has 10 nitrogen and oxygen atoms in total. The first-order chi connectivity index (χ1) is 15.2. The van der Waals surface area contributed by atoms with E-state index in [0.717, 1.165) is 22.3 Å². The summed E-state index contributed by atoms with van der Waals surface area (Å²) in [7, 11) is 0. The SMILES string of the molecule is CCn1ncc2c(NC3CC(C(=O)OC(C)(C)C)C3)c(C3=NOC(CO)(CO)C3)cnc21. The Balaban J connectivity index is 1.58. The maximum atomic E-state index is 12.4. The zero-order chi connectivity index (χ0) is 23.1. The number of aliphatic hydroxyl groups is 2. The standard InChI is InChI=1S/C22H31N5O5/c1-5-27-19-16(10-24-27)18(25-14-6-13(7-14)20(30)31-21(2,3)4)15(9-23-19)17-8-22(11-28,12-29)32-26-17/h9-10,13-14,28-29H,5-8,11-12H2,1-4H3,(H,23,25). The van der Waals surface area contributed by atoms with E-state index in [-0.39, 0.29) is 37.6 Å². The fourth-order valence-corrected chi connectivity index (χ4v) is 4.04. The van der Waals surface area contributed by atoms with Gasteiger partial charge in [0.05, 0.1) is 42.1 Å². The van der Waals surface area contributed by atoms with Crippen LogP contribution in [0.15, 0.2) is 17.5 Å². The van der Waals surface area contributed by atoms with E-state index in [4.69, 9.17) is 9.57 Å². The molecule has 0 bridgehead atoms. The molecule has 32 heavy (non-hydrogen) atoms. The number of hydrogen-bond donors (Lipinski definition) is 3. The second-order valence-corrected chi connectivity index (χ2v) is 9.59. The molecule has 4 rings (SSSR count). The highest BCUT2D eigenvalue weighted by molar-refractivity contribution is 6.10. The third-order valence-electron chi connectivity index (χ3n) is 5.92. The molecule has 0 radical (unpaired) electrons.